The molecule has 0 aromatic carbocycles. The molecule has 1 aromatic rings. The van der Waals surface area contributed by atoms with E-state index in [2.05, 4.69) is 49.2 Å². The highest BCUT2D eigenvalue weighted by molar-refractivity contribution is 5.43. The molecule has 3 fully saturated rings. The van der Waals surface area contributed by atoms with Crippen LogP contribution >= 0.6 is 0 Å². The molecule has 3 saturated heterocycles. The molecule has 3 aliphatic rings. The first-order valence-electron chi connectivity index (χ1n) is 6.91. The maximum Gasteiger partial charge on any atom is 0.443 e. The van der Waals surface area contributed by atoms with Crippen molar-refractivity contribution in [2.75, 3.05) is 13.1 Å². The quantitative estimate of drug-likeness (QED) is 0.768. The Morgan fingerprint density at radius 2 is 2.16 bits per heavy atom. The lowest BCUT2D eigenvalue weighted by atomic mass is 9.73. The van der Waals surface area contributed by atoms with Crippen molar-refractivity contribution in [2.24, 2.45) is 0 Å². The molecular weight excluding hydrogens is 238 g/mol. The van der Waals surface area contributed by atoms with Crippen molar-refractivity contribution < 1.29 is 9.28 Å². The second-order valence-corrected chi connectivity index (χ2v) is 6.45. The molecule has 3 unspecified atom stereocenters. The number of hydrogen-bond acceptors (Lipinski definition) is 3. The highest BCUT2D eigenvalue weighted by Gasteiger charge is 2.69. The highest BCUT2D eigenvalue weighted by atomic mass is 16.1. The molecule has 4 heterocycles. The fraction of sp³-hybridized carbons (Fsp3) is 0.600. The third-order valence-electron chi connectivity index (χ3n) is 5.29. The molecule has 101 valence electrons. The van der Waals surface area contributed by atoms with Crippen molar-refractivity contribution >= 4 is 6.41 Å². The average molecular weight is 259 g/mol. The maximum absolute atomic E-state index is 11.4. The van der Waals surface area contributed by atoms with Crippen LogP contribution < -0.4 is 0 Å². The first-order chi connectivity index (χ1) is 9.01. The fourth-order valence-corrected chi connectivity index (χ4v) is 3.94. The topological polar surface area (TPSA) is 33.2 Å². The largest absolute Gasteiger partial charge is 0.443 e. The van der Waals surface area contributed by atoms with Crippen molar-refractivity contribution in [2.45, 2.75) is 44.9 Å². The molecule has 1 radical (unpaired) electrons. The Hall–Kier alpha value is -1.26. The van der Waals surface area contributed by atoms with E-state index in [0.29, 0.717) is 16.6 Å². The summed E-state index contributed by atoms with van der Waals surface area (Å²) in [5.41, 5.74) is 1.27. The Bertz CT molecular complexity index is 487. The number of amides is 1. The van der Waals surface area contributed by atoms with E-state index in [1.807, 2.05) is 12.4 Å². The second kappa shape index (κ2) is 4.12. The molecule has 1 amide bonds. The summed E-state index contributed by atoms with van der Waals surface area (Å²) < 4.78 is 0.504. The first-order valence-corrected chi connectivity index (χ1v) is 6.91. The summed E-state index contributed by atoms with van der Waals surface area (Å²) in [5.74, 6) is 0. The van der Waals surface area contributed by atoms with E-state index in [1.54, 1.807) is 0 Å². The molecule has 4 rings (SSSR count). The lowest BCUT2D eigenvalue weighted by molar-refractivity contribution is -0.971. The average Bonchev–Trinajstić information content (AvgIpc) is 2.39. The van der Waals surface area contributed by atoms with Crippen molar-refractivity contribution in [1.82, 2.24) is 9.88 Å². The van der Waals surface area contributed by atoms with Gasteiger partial charge >= 0.3 is 6.41 Å². The van der Waals surface area contributed by atoms with E-state index < -0.39 is 0 Å². The second-order valence-electron chi connectivity index (χ2n) is 6.45. The summed E-state index contributed by atoms with van der Waals surface area (Å²) in [5, 5.41) is 0. The molecule has 4 nitrogen and oxygen atoms in total. The molecule has 2 bridgehead atoms. The number of piperazine rings is 2. The van der Waals surface area contributed by atoms with Crippen LogP contribution in [0.15, 0.2) is 24.5 Å². The summed E-state index contributed by atoms with van der Waals surface area (Å²) in [4.78, 5) is 18.0. The maximum atomic E-state index is 11.4. The van der Waals surface area contributed by atoms with E-state index >= 15 is 0 Å². The van der Waals surface area contributed by atoms with Crippen LogP contribution in [0.1, 0.15) is 26.3 Å². The molecule has 0 aliphatic carbocycles. The van der Waals surface area contributed by atoms with E-state index in [-0.39, 0.29) is 5.54 Å². The van der Waals surface area contributed by atoms with Gasteiger partial charge in [-0.05, 0) is 38.5 Å². The van der Waals surface area contributed by atoms with E-state index in [0.717, 1.165) is 19.6 Å². The number of pyridine rings is 1. The van der Waals surface area contributed by atoms with Gasteiger partial charge in [-0.15, -0.1) is 0 Å². The Morgan fingerprint density at radius 1 is 1.47 bits per heavy atom. The zero-order valence-electron chi connectivity index (χ0n) is 11.8. The summed E-state index contributed by atoms with van der Waals surface area (Å²) in [7, 11) is 0. The standard InChI is InChI=1S/C15H21N3O/c1-12-8-17(9-13-4-6-16-7-5-13)14-10-18(12,11-19)15(14,2)3/h4-7,12,14H,8-10H2,1-3H3/q+1. The molecule has 3 atom stereocenters. The van der Waals surface area contributed by atoms with Crippen molar-refractivity contribution in [1.29, 1.82) is 0 Å². The van der Waals surface area contributed by atoms with Gasteiger partial charge in [0.1, 0.15) is 24.2 Å². The van der Waals surface area contributed by atoms with Crippen LogP contribution in [0.4, 0.5) is 0 Å². The molecule has 1 aromatic heterocycles. The van der Waals surface area contributed by atoms with Gasteiger partial charge in [0.2, 0.25) is 0 Å². The van der Waals surface area contributed by atoms with Crippen molar-refractivity contribution in [3.8, 4) is 0 Å². The number of aromatic nitrogens is 1. The number of rotatable bonds is 3. The number of carbonyl (C=O) groups excluding carboxylic acids is 1. The summed E-state index contributed by atoms with van der Waals surface area (Å²) in [6.45, 7) is 9.37. The predicted molar refractivity (Wildman–Crippen MR) is 72.8 cm³/mol. The van der Waals surface area contributed by atoms with Gasteiger partial charge in [-0.1, -0.05) is 0 Å². The van der Waals surface area contributed by atoms with Crippen molar-refractivity contribution in [3.05, 3.63) is 30.1 Å². The number of quaternary nitrogens is 1. The van der Waals surface area contributed by atoms with Gasteiger partial charge in [0.05, 0.1) is 6.54 Å². The zero-order valence-corrected chi connectivity index (χ0v) is 11.8. The minimum atomic E-state index is -0.0214. The third-order valence-corrected chi connectivity index (χ3v) is 5.29. The molecule has 19 heavy (non-hydrogen) atoms. The number of fused-ring (bicyclic) bond motifs is 2. The van der Waals surface area contributed by atoms with Gasteiger partial charge < -0.3 is 0 Å². The SMILES string of the molecule is CC1CN(Cc2ccncc2)C2C[N+]1([C]=O)C2(C)C. The Labute approximate surface area is 114 Å². The highest BCUT2D eigenvalue weighted by Crippen LogP contribution is 2.47. The van der Waals surface area contributed by atoms with Gasteiger partial charge in [0.15, 0.2) is 0 Å². The van der Waals surface area contributed by atoms with Crippen LogP contribution in [0, 0.1) is 0 Å². The first kappa shape index (κ1) is 12.8. The Kier molecular flexibility index (Phi) is 2.76. The van der Waals surface area contributed by atoms with Gasteiger partial charge in [-0.3, -0.25) is 9.88 Å². The van der Waals surface area contributed by atoms with E-state index in [9.17, 15) is 4.79 Å². The minimum absolute atomic E-state index is 0.0214. The number of hydrogen-bond donors (Lipinski definition) is 0. The summed E-state index contributed by atoms with van der Waals surface area (Å²) in [6.07, 6.45) is 6.00. The van der Waals surface area contributed by atoms with Crippen LogP contribution in [0.5, 0.6) is 0 Å². The minimum Gasteiger partial charge on any atom is -0.280 e. The van der Waals surface area contributed by atoms with Crippen molar-refractivity contribution in [3.63, 3.8) is 0 Å². The number of nitrogens with zero attached hydrogens (tertiary/aromatic N) is 3. The van der Waals surface area contributed by atoms with Gasteiger partial charge in [0.25, 0.3) is 0 Å². The van der Waals surface area contributed by atoms with Gasteiger partial charge in [-0.25, -0.2) is 9.28 Å². The smallest absolute Gasteiger partial charge is 0.280 e. The normalized spacial score (nSPS) is 36.6. The summed E-state index contributed by atoms with van der Waals surface area (Å²) >= 11 is 0. The lowest BCUT2D eigenvalue weighted by Gasteiger charge is -2.67. The zero-order chi connectivity index (χ0) is 13.7. The fourth-order valence-electron chi connectivity index (χ4n) is 3.94. The van der Waals surface area contributed by atoms with Crippen LogP contribution in [-0.4, -0.2) is 51.5 Å². The third kappa shape index (κ3) is 1.60. The molecule has 0 N–H and O–H groups in total. The lowest BCUT2D eigenvalue weighted by Crippen LogP contribution is -2.89. The van der Waals surface area contributed by atoms with Crippen LogP contribution in [0.25, 0.3) is 0 Å². The van der Waals surface area contributed by atoms with Crippen LogP contribution in [-0.2, 0) is 11.3 Å². The van der Waals surface area contributed by atoms with Crippen LogP contribution in [0.2, 0.25) is 0 Å². The molecule has 0 saturated carbocycles. The van der Waals surface area contributed by atoms with Crippen LogP contribution in [0.3, 0.4) is 0 Å². The molecular formula is C15H21N3O+. The van der Waals surface area contributed by atoms with E-state index in [1.165, 1.54) is 5.56 Å². The predicted octanol–water partition coefficient (Wildman–Crippen LogP) is 1.33. The summed E-state index contributed by atoms with van der Waals surface area (Å²) in [6, 6.07) is 4.93. The Balaban J connectivity index is 1.82. The van der Waals surface area contributed by atoms with Gasteiger partial charge in [-0.2, -0.15) is 0 Å². The van der Waals surface area contributed by atoms with E-state index in [4.69, 9.17) is 0 Å². The van der Waals surface area contributed by atoms with Gasteiger partial charge in [0, 0.05) is 18.9 Å². The molecule has 4 heteroatoms. The molecule has 3 aliphatic heterocycles. The molecule has 0 spiro atoms. The monoisotopic (exact) mass is 259 g/mol. The Morgan fingerprint density at radius 3 is 2.68 bits per heavy atom.